The van der Waals surface area contributed by atoms with E-state index >= 15 is 0 Å². The molecule has 0 saturated carbocycles. The van der Waals surface area contributed by atoms with Crippen LogP contribution in [0, 0.1) is 23.2 Å². The molecule has 3 rings (SSSR count). The lowest BCUT2D eigenvalue weighted by Gasteiger charge is -2.26. The molecule has 0 aromatic rings. The normalized spacial score (nSPS) is 30.8. The van der Waals surface area contributed by atoms with Gasteiger partial charge in [-0.25, -0.2) is 0 Å². The van der Waals surface area contributed by atoms with Crippen molar-refractivity contribution in [1.82, 2.24) is 5.32 Å². The minimum atomic E-state index is 0.0499. The maximum absolute atomic E-state index is 3.48. The largest absolute Gasteiger partial charge is 0.314 e. The van der Waals surface area contributed by atoms with Crippen LogP contribution in [0.2, 0.25) is 0 Å². The van der Waals surface area contributed by atoms with Crippen LogP contribution in [0.3, 0.4) is 0 Å². The van der Waals surface area contributed by atoms with Gasteiger partial charge in [-0.15, -0.1) is 0 Å². The minimum absolute atomic E-state index is 0.0499. The zero-order valence-electron chi connectivity index (χ0n) is 11.8. The maximum atomic E-state index is 3.48. The van der Waals surface area contributed by atoms with E-state index in [0.29, 0.717) is 5.92 Å². The molecule has 1 atom stereocenters. The molecule has 1 heteroatoms. The molecule has 1 saturated heterocycles. The van der Waals surface area contributed by atoms with E-state index < -0.39 is 0 Å². The summed E-state index contributed by atoms with van der Waals surface area (Å²) in [7, 11) is 0. The third-order valence-corrected chi connectivity index (χ3v) is 4.38. The van der Waals surface area contributed by atoms with Gasteiger partial charge in [-0.05, 0) is 50.2 Å². The third kappa shape index (κ3) is 3.01. The Morgan fingerprint density at radius 3 is 2.74 bits per heavy atom. The summed E-state index contributed by atoms with van der Waals surface area (Å²) >= 11 is 0. The van der Waals surface area contributed by atoms with Crippen LogP contribution in [-0.2, 0) is 0 Å². The van der Waals surface area contributed by atoms with E-state index in [-0.39, 0.29) is 5.41 Å². The lowest BCUT2D eigenvalue weighted by atomic mass is 9.79. The summed E-state index contributed by atoms with van der Waals surface area (Å²) in [6, 6.07) is 0. The predicted molar refractivity (Wildman–Crippen MR) is 80.6 cm³/mol. The molecule has 0 amide bonds. The molecule has 0 aromatic heterocycles. The second-order valence-corrected chi connectivity index (χ2v) is 6.21. The number of hydrogen-bond acceptors (Lipinski definition) is 1. The molecule has 2 aliphatic carbocycles. The molecule has 0 radical (unpaired) electrons. The minimum Gasteiger partial charge on any atom is -0.314 e. The van der Waals surface area contributed by atoms with Crippen LogP contribution >= 0.6 is 0 Å². The first-order chi connectivity index (χ1) is 9.25. The van der Waals surface area contributed by atoms with Gasteiger partial charge in [0.2, 0.25) is 0 Å². The number of allylic oxidation sites excluding steroid dienone is 6. The molecule has 100 valence electrons. The van der Waals surface area contributed by atoms with Gasteiger partial charge in [-0.2, -0.15) is 0 Å². The van der Waals surface area contributed by atoms with Gasteiger partial charge in [-0.1, -0.05) is 36.1 Å². The van der Waals surface area contributed by atoms with Crippen molar-refractivity contribution in [1.29, 1.82) is 0 Å². The Kier molecular flexibility index (Phi) is 3.62. The first-order valence-electron chi connectivity index (χ1n) is 7.57. The molecule has 0 aromatic carbocycles. The van der Waals surface area contributed by atoms with Crippen molar-refractivity contribution in [3.05, 3.63) is 35.5 Å². The fourth-order valence-electron chi connectivity index (χ4n) is 2.82. The second-order valence-electron chi connectivity index (χ2n) is 6.21. The maximum Gasteiger partial charge on any atom is 0.0503 e. The predicted octanol–water partition coefficient (Wildman–Crippen LogP) is 3.60. The van der Waals surface area contributed by atoms with E-state index in [1.807, 2.05) is 0 Å². The summed E-state index contributed by atoms with van der Waals surface area (Å²) in [5.41, 5.74) is 3.05. The number of hydrogen-bond donors (Lipinski definition) is 1. The van der Waals surface area contributed by atoms with E-state index in [9.17, 15) is 0 Å². The highest BCUT2D eigenvalue weighted by atomic mass is 14.9. The average Bonchev–Trinajstić information content (AvgIpc) is 2.39. The Hall–Kier alpha value is -1.26. The molecule has 19 heavy (non-hydrogen) atoms. The molecule has 1 aliphatic heterocycles. The zero-order chi connectivity index (χ0) is 13.1. The fourth-order valence-corrected chi connectivity index (χ4v) is 2.82. The summed E-state index contributed by atoms with van der Waals surface area (Å²) in [5.74, 6) is 7.48. The average molecular weight is 253 g/mol. The molecule has 1 nitrogen and oxygen atoms in total. The van der Waals surface area contributed by atoms with Crippen molar-refractivity contribution >= 4 is 0 Å². The smallest absolute Gasteiger partial charge is 0.0503 e. The van der Waals surface area contributed by atoms with Crippen LogP contribution in [0.4, 0.5) is 0 Å². The lowest BCUT2D eigenvalue weighted by molar-refractivity contribution is 0.430. The summed E-state index contributed by atoms with van der Waals surface area (Å²) in [6.45, 7) is 4.40. The first-order valence-corrected chi connectivity index (χ1v) is 7.57. The van der Waals surface area contributed by atoms with Crippen molar-refractivity contribution in [3.8, 4) is 11.8 Å². The Labute approximate surface area is 116 Å². The van der Waals surface area contributed by atoms with E-state index in [0.717, 1.165) is 19.5 Å². The molecule has 3 aliphatic rings. The van der Waals surface area contributed by atoms with Gasteiger partial charge in [-0.3, -0.25) is 0 Å². The lowest BCUT2D eigenvalue weighted by Crippen LogP contribution is -2.41. The van der Waals surface area contributed by atoms with Crippen LogP contribution in [0.25, 0.3) is 0 Å². The van der Waals surface area contributed by atoms with Crippen molar-refractivity contribution in [3.63, 3.8) is 0 Å². The molecule has 1 N–H and O–H groups in total. The van der Waals surface area contributed by atoms with Crippen molar-refractivity contribution in [2.75, 3.05) is 13.1 Å². The number of rotatable bonds is 1. The second kappa shape index (κ2) is 5.39. The SMILES string of the molecule is CC1(C#CC2CNC2)C=CC(C2=CCCCC2)=CC1. The highest BCUT2D eigenvalue weighted by molar-refractivity contribution is 5.45. The van der Waals surface area contributed by atoms with Crippen LogP contribution < -0.4 is 5.32 Å². The van der Waals surface area contributed by atoms with Gasteiger partial charge in [0, 0.05) is 19.0 Å². The van der Waals surface area contributed by atoms with Crippen LogP contribution in [0.5, 0.6) is 0 Å². The topological polar surface area (TPSA) is 12.0 Å². The standard InChI is InChI=1S/C18H23N/c1-18(10-7-15-13-19-14-15)11-8-17(9-12-18)16-5-3-2-4-6-16/h5,8-9,11,15,19H,2-4,6,12-14H2,1H3. The summed E-state index contributed by atoms with van der Waals surface area (Å²) in [6.07, 6.45) is 15.7. The van der Waals surface area contributed by atoms with Crippen LogP contribution in [0.15, 0.2) is 35.5 Å². The molecule has 0 bridgehead atoms. The van der Waals surface area contributed by atoms with Crippen molar-refractivity contribution in [2.45, 2.75) is 39.0 Å². The van der Waals surface area contributed by atoms with E-state index in [4.69, 9.17) is 0 Å². The van der Waals surface area contributed by atoms with E-state index in [1.54, 1.807) is 5.57 Å². The highest BCUT2D eigenvalue weighted by Crippen LogP contribution is 2.33. The highest BCUT2D eigenvalue weighted by Gasteiger charge is 2.22. The summed E-state index contributed by atoms with van der Waals surface area (Å²) < 4.78 is 0. The Morgan fingerprint density at radius 1 is 1.26 bits per heavy atom. The molecule has 1 fully saturated rings. The molecule has 1 unspecified atom stereocenters. The quantitative estimate of drug-likeness (QED) is 0.704. The molecular formula is C18H23N. The molecular weight excluding hydrogens is 230 g/mol. The summed E-state index contributed by atoms with van der Waals surface area (Å²) in [5, 5.41) is 3.27. The van der Waals surface area contributed by atoms with Crippen LogP contribution in [0.1, 0.15) is 39.0 Å². The zero-order valence-corrected chi connectivity index (χ0v) is 11.8. The van der Waals surface area contributed by atoms with Gasteiger partial charge < -0.3 is 5.32 Å². The molecule has 1 heterocycles. The number of nitrogens with one attached hydrogen (secondary N) is 1. The van der Waals surface area contributed by atoms with Crippen molar-refractivity contribution < 1.29 is 0 Å². The Morgan fingerprint density at radius 2 is 2.16 bits per heavy atom. The van der Waals surface area contributed by atoms with E-state index in [1.165, 1.54) is 31.3 Å². The van der Waals surface area contributed by atoms with Gasteiger partial charge in [0.15, 0.2) is 0 Å². The van der Waals surface area contributed by atoms with Gasteiger partial charge in [0.1, 0.15) is 0 Å². The van der Waals surface area contributed by atoms with Gasteiger partial charge in [0.05, 0.1) is 5.41 Å². The monoisotopic (exact) mass is 253 g/mol. The van der Waals surface area contributed by atoms with Gasteiger partial charge in [0.25, 0.3) is 0 Å². The van der Waals surface area contributed by atoms with E-state index in [2.05, 4.69) is 48.4 Å². The molecule has 0 spiro atoms. The summed E-state index contributed by atoms with van der Waals surface area (Å²) in [4.78, 5) is 0. The Bertz CT molecular complexity index is 494. The third-order valence-electron chi connectivity index (χ3n) is 4.38. The first kappa shape index (κ1) is 12.8. The van der Waals surface area contributed by atoms with Crippen molar-refractivity contribution in [2.24, 2.45) is 11.3 Å². The fraction of sp³-hybridized carbons (Fsp3) is 0.556. The van der Waals surface area contributed by atoms with Gasteiger partial charge >= 0.3 is 0 Å². The Balaban J connectivity index is 1.66. The van der Waals surface area contributed by atoms with Crippen LogP contribution in [-0.4, -0.2) is 13.1 Å².